The Balaban J connectivity index is 2.29. The molecule has 2 N–H and O–H groups in total. The number of methoxy groups -OCH3 is 1. The number of hydrogen-bond donors (Lipinski definition) is 1. The fourth-order valence-corrected chi connectivity index (χ4v) is 3.24. The van der Waals surface area contributed by atoms with Crippen LogP contribution in [0.1, 0.15) is 5.69 Å². The van der Waals surface area contributed by atoms with Crippen molar-refractivity contribution in [2.75, 3.05) is 12.9 Å². The lowest BCUT2D eigenvalue weighted by atomic mass is 10.2. The Morgan fingerprint density at radius 2 is 2.25 bits per heavy atom. The van der Waals surface area contributed by atoms with E-state index in [0.717, 1.165) is 26.0 Å². The van der Waals surface area contributed by atoms with Crippen LogP contribution in [0.3, 0.4) is 0 Å². The summed E-state index contributed by atoms with van der Waals surface area (Å²) in [4.78, 5) is 16.9. The number of esters is 1. The van der Waals surface area contributed by atoms with Crippen molar-refractivity contribution in [2.24, 2.45) is 5.73 Å². The normalized spacial score (nSPS) is 12.4. The molecule has 0 aliphatic heterocycles. The van der Waals surface area contributed by atoms with Crippen molar-refractivity contribution in [3.8, 4) is 0 Å². The van der Waals surface area contributed by atoms with Gasteiger partial charge in [0.25, 0.3) is 0 Å². The number of nitrogens with two attached hydrogens (primary N) is 1. The van der Waals surface area contributed by atoms with Crippen molar-refractivity contribution in [1.29, 1.82) is 0 Å². The van der Waals surface area contributed by atoms with E-state index < -0.39 is 12.0 Å². The molecule has 20 heavy (non-hydrogen) atoms. The molecule has 1 aromatic carbocycles. The molecule has 0 fully saturated rings. The number of carbonyl (C=O) groups is 1. The largest absolute Gasteiger partial charge is 0.468 e. The van der Waals surface area contributed by atoms with Crippen molar-refractivity contribution < 1.29 is 9.53 Å². The third kappa shape index (κ3) is 3.50. The molecule has 1 atom stereocenters. The van der Waals surface area contributed by atoms with Gasteiger partial charge in [0, 0.05) is 26.2 Å². The van der Waals surface area contributed by atoms with E-state index in [2.05, 4.69) is 25.7 Å². The molecular weight excluding hydrogens is 340 g/mol. The summed E-state index contributed by atoms with van der Waals surface area (Å²) in [7, 11) is 1.34. The smallest absolute Gasteiger partial charge is 0.323 e. The standard InChI is InChI=1S/C14H15BrN2O2S/c1-8-5-13(20-7-11(16)14(18)19-2)10-6-9(15)3-4-12(10)17-8/h3-6,11H,7,16H2,1-2H3. The van der Waals surface area contributed by atoms with E-state index in [1.54, 1.807) is 0 Å². The lowest BCUT2D eigenvalue weighted by molar-refractivity contribution is -0.141. The quantitative estimate of drug-likeness (QED) is 0.675. The summed E-state index contributed by atoms with van der Waals surface area (Å²) in [5.74, 6) is 0.0753. The molecule has 0 bridgehead atoms. The Kier molecular flexibility index (Phi) is 5.01. The minimum absolute atomic E-state index is 0.395. The number of aryl methyl sites for hydroxylation is 1. The first kappa shape index (κ1) is 15.3. The molecule has 4 nitrogen and oxygen atoms in total. The third-order valence-corrected chi connectivity index (χ3v) is 4.45. The van der Waals surface area contributed by atoms with E-state index in [-0.39, 0.29) is 0 Å². The average molecular weight is 355 g/mol. The van der Waals surface area contributed by atoms with Gasteiger partial charge in [0.05, 0.1) is 12.6 Å². The molecule has 0 radical (unpaired) electrons. The maximum Gasteiger partial charge on any atom is 0.323 e. The van der Waals surface area contributed by atoms with E-state index >= 15 is 0 Å². The van der Waals surface area contributed by atoms with Crippen LogP contribution in [0.25, 0.3) is 10.9 Å². The molecule has 0 aliphatic rings. The monoisotopic (exact) mass is 354 g/mol. The molecule has 2 rings (SSSR count). The summed E-state index contributed by atoms with van der Waals surface area (Å²) in [5.41, 5.74) is 7.64. The van der Waals surface area contributed by atoms with Gasteiger partial charge in [-0.1, -0.05) is 15.9 Å². The number of thioether (sulfide) groups is 1. The van der Waals surface area contributed by atoms with Crippen molar-refractivity contribution in [1.82, 2.24) is 4.98 Å². The summed E-state index contributed by atoms with van der Waals surface area (Å²) in [6, 6.07) is 7.33. The van der Waals surface area contributed by atoms with Crippen molar-refractivity contribution in [3.63, 3.8) is 0 Å². The highest BCUT2D eigenvalue weighted by atomic mass is 79.9. The second-order valence-corrected chi connectivity index (χ2v) is 6.34. The molecule has 0 saturated carbocycles. The highest BCUT2D eigenvalue weighted by Crippen LogP contribution is 2.30. The molecule has 6 heteroatoms. The van der Waals surface area contributed by atoms with Gasteiger partial charge in [0.1, 0.15) is 6.04 Å². The molecule has 106 valence electrons. The lowest BCUT2D eigenvalue weighted by Crippen LogP contribution is -2.33. The SMILES string of the molecule is COC(=O)C(N)CSc1cc(C)nc2ccc(Br)cc12. The van der Waals surface area contributed by atoms with Crippen LogP contribution in [0.5, 0.6) is 0 Å². The van der Waals surface area contributed by atoms with E-state index in [1.165, 1.54) is 18.9 Å². The highest BCUT2D eigenvalue weighted by Gasteiger charge is 2.15. The summed E-state index contributed by atoms with van der Waals surface area (Å²) >= 11 is 5.00. The predicted molar refractivity (Wildman–Crippen MR) is 84.9 cm³/mol. The zero-order valence-corrected chi connectivity index (χ0v) is 13.6. The van der Waals surface area contributed by atoms with Gasteiger partial charge in [0.15, 0.2) is 0 Å². The van der Waals surface area contributed by atoms with Crippen LogP contribution < -0.4 is 5.73 Å². The lowest BCUT2D eigenvalue weighted by Gasteiger charge is -2.11. The first-order chi connectivity index (χ1) is 9.51. The van der Waals surface area contributed by atoms with E-state index in [4.69, 9.17) is 5.73 Å². The number of fused-ring (bicyclic) bond motifs is 1. The number of halogens is 1. The van der Waals surface area contributed by atoms with Gasteiger partial charge in [-0.3, -0.25) is 9.78 Å². The topological polar surface area (TPSA) is 65.2 Å². The Bertz CT molecular complexity index is 648. The fourth-order valence-electron chi connectivity index (χ4n) is 1.81. The zero-order chi connectivity index (χ0) is 14.7. The Morgan fingerprint density at radius 3 is 2.95 bits per heavy atom. The third-order valence-electron chi connectivity index (χ3n) is 2.78. The van der Waals surface area contributed by atoms with Gasteiger partial charge < -0.3 is 10.5 Å². The van der Waals surface area contributed by atoms with Crippen LogP contribution in [0.4, 0.5) is 0 Å². The van der Waals surface area contributed by atoms with Crippen LogP contribution in [0.2, 0.25) is 0 Å². The molecular formula is C14H15BrN2O2S. The summed E-state index contributed by atoms with van der Waals surface area (Å²) in [6.45, 7) is 1.95. The van der Waals surface area contributed by atoms with Crippen molar-refractivity contribution in [3.05, 3.63) is 34.4 Å². The first-order valence-electron chi connectivity index (χ1n) is 6.04. The first-order valence-corrected chi connectivity index (χ1v) is 7.82. The Labute approximate surface area is 130 Å². The van der Waals surface area contributed by atoms with Gasteiger partial charge in [-0.15, -0.1) is 11.8 Å². The average Bonchev–Trinajstić information content (AvgIpc) is 2.44. The molecule has 1 heterocycles. The molecule has 0 aliphatic carbocycles. The number of pyridine rings is 1. The Morgan fingerprint density at radius 1 is 1.50 bits per heavy atom. The fraction of sp³-hybridized carbons (Fsp3) is 0.286. The summed E-state index contributed by atoms with van der Waals surface area (Å²) in [5, 5.41) is 1.05. The van der Waals surface area contributed by atoms with Gasteiger partial charge >= 0.3 is 5.97 Å². The second kappa shape index (κ2) is 6.56. The van der Waals surface area contributed by atoms with E-state index in [0.29, 0.717) is 5.75 Å². The molecule has 1 aromatic heterocycles. The van der Waals surface area contributed by atoms with E-state index in [1.807, 2.05) is 31.2 Å². The molecule has 1 unspecified atom stereocenters. The number of nitrogens with zero attached hydrogens (tertiary/aromatic N) is 1. The van der Waals surface area contributed by atoms with Crippen molar-refractivity contribution >= 4 is 44.6 Å². The van der Waals surface area contributed by atoms with Crippen LogP contribution in [0.15, 0.2) is 33.6 Å². The van der Waals surface area contributed by atoms with Gasteiger partial charge in [-0.2, -0.15) is 0 Å². The van der Waals surface area contributed by atoms with Crippen LogP contribution in [-0.4, -0.2) is 29.9 Å². The van der Waals surface area contributed by atoms with Gasteiger partial charge in [-0.05, 0) is 31.2 Å². The maximum absolute atomic E-state index is 11.3. The number of benzene rings is 1. The zero-order valence-electron chi connectivity index (χ0n) is 11.2. The number of carbonyl (C=O) groups excluding carboxylic acids is 1. The number of rotatable bonds is 4. The number of hydrogen-bond acceptors (Lipinski definition) is 5. The Hall–Kier alpha value is -1.11. The van der Waals surface area contributed by atoms with Gasteiger partial charge in [0.2, 0.25) is 0 Å². The minimum atomic E-state index is -0.624. The highest BCUT2D eigenvalue weighted by molar-refractivity contribution is 9.10. The maximum atomic E-state index is 11.3. The minimum Gasteiger partial charge on any atom is -0.468 e. The number of aromatic nitrogens is 1. The van der Waals surface area contributed by atoms with Crippen LogP contribution in [0, 0.1) is 6.92 Å². The summed E-state index contributed by atoms with van der Waals surface area (Å²) < 4.78 is 5.63. The molecule has 2 aromatic rings. The molecule has 0 saturated heterocycles. The van der Waals surface area contributed by atoms with Crippen LogP contribution >= 0.6 is 27.7 Å². The van der Waals surface area contributed by atoms with E-state index in [9.17, 15) is 4.79 Å². The predicted octanol–water partition coefficient (Wildman–Crippen LogP) is 2.90. The van der Waals surface area contributed by atoms with Crippen LogP contribution in [-0.2, 0) is 9.53 Å². The van der Waals surface area contributed by atoms with Crippen molar-refractivity contribution in [2.45, 2.75) is 17.9 Å². The summed E-state index contributed by atoms with van der Waals surface area (Å²) in [6.07, 6.45) is 0. The number of ether oxygens (including phenoxy) is 1. The van der Waals surface area contributed by atoms with Gasteiger partial charge in [-0.25, -0.2) is 0 Å². The molecule has 0 spiro atoms. The second-order valence-electron chi connectivity index (χ2n) is 4.36. The molecule has 0 amide bonds.